The van der Waals surface area contributed by atoms with Crippen molar-refractivity contribution in [2.45, 2.75) is 56.8 Å². The molecule has 4 atom stereocenters. The van der Waals surface area contributed by atoms with Gasteiger partial charge in [0.15, 0.2) is 0 Å². The number of rotatable bonds is 9. The summed E-state index contributed by atoms with van der Waals surface area (Å²) in [5.74, 6) is 0.941. The summed E-state index contributed by atoms with van der Waals surface area (Å²) < 4.78 is 13.2. The normalized spacial score (nSPS) is 25.0. The molecule has 2 fully saturated rings. The minimum absolute atomic E-state index is 0. The van der Waals surface area contributed by atoms with Crippen LogP contribution < -0.4 is 26.6 Å². The molecule has 1 aromatic carbocycles. The molecule has 1 amide bonds. The zero-order valence-corrected chi connectivity index (χ0v) is 23.3. The third-order valence-corrected chi connectivity index (χ3v) is 9.00. The molecule has 1 unspecified atom stereocenters. The Bertz CT molecular complexity index is 1030. The van der Waals surface area contributed by atoms with Gasteiger partial charge in [-0.1, -0.05) is 18.2 Å². The van der Waals surface area contributed by atoms with E-state index in [2.05, 4.69) is 23.9 Å². The zero-order valence-electron chi connectivity index (χ0n) is 20.1. The third-order valence-electron chi connectivity index (χ3n) is 7.59. The van der Waals surface area contributed by atoms with Crippen molar-refractivity contribution in [1.29, 1.82) is 0 Å². The van der Waals surface area contributed by atoms with Crippen LogP contribution >= 0.6 is 22.7 Å². The number of halogens is 1. The van der Waals surface area contributed by atoms with Crippen LogP contribution in [0.1, 0.15) is 37.7 Å². The van der Waals surface area contributed by atoms with Gasteiger partial charge in [-0.25, -0.2) is 4.79 Å². The molecule has 0 aliphatic carbocycles. The van der Waals surface area contributed by atoms with E-state index in [1.54, 1.807) is 27.6 Å². The molecule has 5 nitrogen and oxygen atoms in total. The molecule has 0 saturated carbocycles. The number of hydrogen-bond donors (Lipinski definition) is 0. The topological polar surface area (TPSA) is 38.8 Å². The lowest BCUT2D eigenvalue weighted by Gasteiger charge is -2.47. The maximum Gasteiger partial charge on any atom is 0.414 e. The number of piperidine rings is 1. The maximum absolute atomic E-state index is 13.3. The van der Waals surface area contributed by atoms with Crippen LogP contribution in [0, 0.1) is 0 Å². The number of carbonyl (C=O) groups is 1. The lowest BCUT2D eigenvalue weighted by molar-refractivity contribution is -0.949. The molecule has 35 heavy (non-hydrogen) atoms. The molecule has 3 aromatic rings. The van der Waals surface area contributed by atoms with Crippen LogP contribution in [-0.2, 0) is 11.3 Å². The molecule has 2 aliphatic heterocycles. The van der Waals surface area contributed by atoms with E-state index >= 15 is 0 Å². The van der Waals surface area contributed by atoms with Gasteiger partial charge in [0.05, 0.1) is 44.5 Å². The molecule has 2 bridgehead atoms. The Labute approximate surface area is 226 Å². The van der Waals surface area contributed by atoms with E-state index in [1.807, 2.05) is 47.2 Å². The van der Waals surface area contributed by atoms with E-state index in [0.717, 1.165) is 53.9 Å². The summed E-state index contributed by atoms with van der Waals surface area (Å²) in [4.78, 5) is 15.0. The highest BCUT2D eigenvalue weighted by atomic mass is 79.9. The Balaban J connectivity index is 0.00000289. The second-order valence-electron chi connectivity index (χ2n) is 9.65. The van der Waals surface area contributed by atoms with E-state index < -0.39 is 0 Å². The van der Waals surface area contributed by atoms with Gasteiger partial charge < -0.3 is 30.9 Å². The van der Waals surface area contributed by atoms with Gasteiger partial charge in [-0.05, 0) is 46.0 Å². The highest BCUT2D eigenvalue weighted by molar-refractivity contribution is 7.08. The van der Waals surface area contributed by atoms with Crippen molar-refractivity contribution in [2.75, 3.05) is 25.1 Å². The van der Waals surface area contributed by atoms with Gasteiger partial charge in [0.25, 0.3) is 0 Å². The standard InChI is InChI=1S/C27H33N2O3S2.BrH/c1-29(12-5-13-31-25-6-3-2-4-7-25)23-8-9-24(29)17-26(16-23)32-27(30)28(22-11-15-34-20-22)18-21-10-14-33-19-21;/h2-4,6-7,10-11,14-15,19-20,23-24,26H,5,8-9,12-13,16-18H2,1H3;1H/q+1;/p-1/t23-,24+,26+,29?;. The number of quaternary nitrogens is 1. The van der Waals surface area contributed by atoms with Crippen molar-refractivity contribution >= 4 is 34.5 Å². The predicted molar refractivity (Wildman–Crippen MR) is 139 cm³/mol. The number of anilines is 1. The highest BCUT2D eigenvalue weighted by Crippen LogP contribution is 2.42. The fourth-order valence-electron chi connectivity index (χ4n) is 5.71. The van der Waals surface area contributed by atoms with Crippen molar-refractivity contribution in [3.8, 4) is 5.75 Å². The minimum Gasteiger partial charge on any atom is -1.00 e. The number of benzene rings is 1. The third kappa shape index (κ3) is 6.10. The SMILES string of the molecule is C[N+]1(CCCOc2ccccc2)[C@@H]2CC[C@H]1C[C@@H](OC(=O)N(Cc1ccsc1)c1ccsc1)C2.[Br-]. The fourth-order valence-corrected chi connectivity index (χ4v) is 7.01. The quantitative estimate of drug-likeness (QED) is 0.289. The Morgan fingerprint density at radius 3 is 2.40 bits per heavy atom. The van der Waals surface area contributed by atoms with E-state index in [1.165, 1.54) is 12.8 Å². The first kappa shape index (κ1) is 26.2. The van der Waals surface area contributed by atoms with Crippen molar-refractivity contribution in [3.05, 3.63) is 69.5 Å². The Kier molecular flexibility index (Phi) is 8.92. The number of carbonyl (C=O) groups excluding carboxylic acids is 1. The second kappa shape index (κ2) is 11.9. The first-order valence-corrected chi connectivity index (χ1v) is 14.0. The molecule has 188 valence electrons. The van der Waals surface area contributed by atoms with Crippen LogP contribution in [0.15, 0.2) is 64.0 Å². The summed E-state index contributed by atoms with van der Waals surface area (Å²) in [6, 6.07) is 15.2. The monoisotopic (exact) mass is 576 g/mol. The summed E-state index contributed by atoms with van der Waals surface area (Å²) in [5, 5.41) is 8.17. The molecule has 2 saturated heterocycles. The van der Waals surface area contributed by atoms with Crippen molar-refractivity contribution in [3.63, 3.8) is 0 Å². The zero-order chi connectivity index (χ0) is 23.4. The highest BCUT2D eigenvalue weighted by Gasteiger charge is 2.52. The van der Waals surface area contributed by atoms with Gasteiger partial charge >= 0.3 is 6.09 Å². The fraction of sp³-hybridized carbons (Fsp3) is 0.444. The van der Waals surface area contributed by atoms with Gasteiger partial charge in [-0.2, -0.15) is 22.7 Å². The van der Waals surface area contributed by atoms with Gasteiger partial charge in [0, 0.05) is 37.5 Å². The van der Waals surface area contributed by atoms with E-state index in [-0.39, 0.29) is 29.2 Å². The smallest absolute Gasteiger partial charge is 0.414 e. The van der Waals surface area contributed by atoms with Gasteiger partial charge in [0.1, 0.15) is 11.9 Å². The molecular weight excluding hydrogens is 544 g/mol. The summed E-state index contributed by atoms with van der Waals surface area (Å²) in [7, 11) is 2.40. The Morgan fingerprint density at radius 2 is 1.74 bits per heavy atom. The van der Waals surface area contributed by atoms with Crippen molar-refractivity contribution in [2.24, 2.45) is 0 Å². The molecule has 0 radical (unpaired) electrons. The van der Waals surface area contributed by atoms with Crippen LogP contribution in [0.25, 0.3) is 0 Å². The van der Waals surface area contributed by atoms with E-state index in [0.29, 0.717) is 18.6 Å². The maximum atomic E-state index is 13.3. The van der Waals surface area contributed by atoms with Gasteiger partial charge in [-0.3, -0.25) is 4.90 Å². The summed E-state index contributed by atoms with van der Waals surface area (Å²) >= 11 is 3.26. The van der Waals surface area contributed by atoms with Crippen LogP contribution in [0.5, 0.6) is 5.75 Å². The lowest BCUT2D eigenvalue weighted by atomic mass is 9.96. The average molecular weight is 578 g/mol. The Hall–Kier alpha value is -1.87. The lowest BCUT2D eigenvalue weighted by Crippen LogP contribution is -3.00. The molecule has 0 spiro atoms. The van der Waals surface area contributed by atoms with Crippen LogP contribution in [0.2, 0.25) is 0 Å². The number of hydrogen-bond acceptors (Lipinski definition) is 5. The second-order valence-corrected chi connectivity index (χ2v) is 11.2. The van der Waals surface area contributed by atoms with E-state index in [4.69, 9.17) is 9.47 Å². The summed E-state index contributed by atoms with van der Waals surface area (Å²) in [6.45, 7) is 2.41. The average Bonchev–Trinajstić information content (AvgIpc) is 3.58. The predicted octanol–water partition coefficient (Wildman–Crippen LogP) is 3.57. The van der Waals surface area contributed by atoms with Crippen LogP contribution in [0.3, 0.4) is 0 Å². The molecule has 5 rings (SSSR count). The van der Waals surface area contributed by atoms with Crippen molar-refractivity contribution < 1.29 is 35.7 Å². The number of amides is 1. The summed E-state index contributed by atoms with van der Waals surface area (Å²) in [5.41, 5.74) is 2.05. The van der Waals surface area contributed by atoms with Crippen LogP contribution in [-0.4, -0.2) is 49.0 Å². The molecule has 0 N–H and O–H groups in total. The molecule has 8 heteroatoms. The number of nitrogens with zero attached hydrogens (tertiary/aromatic N) is 2. The number of thiophene rings is 2. The molecular formula is C27H33BrN2O3S2. The number of fused-ring (bicyclic) bond motifs is 2. The largest absolute Gasteiger partial charge is 1.00 e. The number of para-hydroxylation sites is 1. The van der Waals surface area contributed by atoms with E-state index in [9.17, 15) is 4.79 Å². The first-order valence-electron chi connectivity index (χ1n) is 12.2. The summed E-state index contributed by atoms with van der Waals surface area (Å²) in [6.07, 6.45) is 5.16. The van der Waals surface area contributed by atoms with Gasteiger partial charge in [-0.15, -0.1) is 0 Å². The van der Waals surface area contributed by atoms with Crippen molar-refractivity contribution in [1.82, 2.24) is 0 Å². The number of ether oxygens (including phenoxy) is 2. The minimum atomic E-state index is -0.221. The molecule has 2 aliphatic rings. The Morgan fingerprint density at radius 1 is 1.03 bits per heavy atom. The van der Waals surface area contributed by atoms with Gasteiger partial charge in [0.2, 0.25) is 0 Å². The first-order chi connectivity index (χ1) is 16.6. The molecule has 4 heterocycles. The molecule has 2 aromatic heterocycles. The van der Waals surface area contributed by atoms with Crippen LogP contribution in [0.4, 0.5) is 10.5 Å².